The minimum absolute atomic E-state index is 0.0677. The van der Waals surface area contributed by atoms with Crippen molar-refractivity contribution in [3.8, 4) is 0 Å². The molecule has 5 heteroatoms. The first-order valence-electron chi connectivity index (χ1n) is 6.59. The molecule has 18 heavy (non-hydrogen) atoms. The molecular weight excluding hydrogens is 250 g/mol. The second-order valence-electron chi connectivity index (χ2n) is 5.11. The van der Waals surface area contributed by atoms with Crippen LogP contribution in [-0.4, -0.2) is 27.6 Å². The third-order valence-electron chi connectivity index (χ3n) is 3.57. The number of hydrogen-bond acceptors (Lipinski definition) is 3. The van der Waals surface area contributed by atoms with Crippen LogP contribution in [0.15, 0.2) is 6.20 Å². The zero-order valence-corrected chi connectivity index (χ0v) is 11.8. The van der Waals surface area contributed by atoms with Crippen molar-refractivity contribution in [3.63, 3.8) is 0 Å². The van der Waals surface area contributed by atoms with Crippen LogP contribution < -0.4 is 5.32 Å². The van der Waals surface area contributed by atoms with Gasteiger partial charge in [-0.1, -0.05) is 18.5 Å². The summed E-state index contributed by atoms with van der Waals surface area (Å²) in [4.78, 5) is 12.7. The predicted molar refractivity (Wildman–Crippen MR) is 72.1 cm³/mol. The summed E-state index contributed by atoms with van der Waals surface area (Å²) in [7, 11) is 0. The fourth-order valence-corrected chi connectivity index (χ4v) is 2.71. The maximum Gasteiger partial charge on any atom is 0.202 e. The number of halogens is 1. The lowest BCUT2D eigenvalue weighted by Crippen LogP contribution is -2.52. The smallest absolute Gasteiger partial charge is 0.202 e. The Kier molecular flexibility index (Phi) is 4.07. The highest BCUT2D eigenvalue weighted by atomic mass is 35.5. The summed E-state index contributed by atoms with van der Waals surface area (Å²) in [6, 6.07) is 0. The van der Waals surface area contributed by atoms with Crippen LogP contribution in [0.5, 0.6) is 0 Å². The Balaban J connectivity index is 2.29. The quantitative estimate of drug-likeness (QED) is 0.855. The molecule has 1 aliphatic heterocycles. The third-order valence-corrected chi connectivity index (χ3v) is 3.84. The molecule has 0 bridgehead atoms. The highest BCUT2D eigenvalue weighted by molar-refractivity contribution is 6.34. The number of carbonyl (C=O) groups excluding carboxylic acids is 1. The highest BCUT2D eigenvalue weighted by Crippen LogP contribution is 2.27. The Hall–Kier alpha value is -0.870. The number of aryl methyl sites for hydroxylation is 1. The average molecular weight is 270 g/mol. The van der Waals surface area contributed by atoms with E-state index in [1.807, 2.05) is 6.92 Å². The van der Waals surface area contributed by atoms with Gasteiger partial charge in [0.1, 0.15) is 5.69 Å². The Labute approximate surface area is 113 Å². The Morgan fingerprint density at radius 2 is 2.39 bits per heavy atom. The SMILES string of the molecule is CCCn1ncc(Cl)c1C(=O)C1(C)CCCCN1. The summed E-state index contributed by atoms with van der Waals surface area (Å²) in [5.74, 6) is 0.0677. The molecule has 1 aliphatic rings. The number of rotatable bonds is 4. The first-order valence-corrected chi connectivity index (χ1v) is 6.97. The van der Waals surface area contributed by atoms with Gasteiger partial charge in [-0.25, -0.2) is 0 Å². The van der Waals surface area contributed by atoms with E-state index in [4.69, 9.17) is 11.6 Å². The summed E-state index contributed by atoms with van der Waals surface area (Å²) >= 11 is 6.12. The van der Waals surface area contributed by atoms with Crippen molar-refractivity contribution in [1.29, 1.82) is 0 Å². The summed E-state index contributed by atoms with van der Waals surface area (Å²) in [6.07, 6.45) is 5.57. The molecule has 0 aliphatic carbocycles. The molecule has 0 spiro atoms. The molecule has 100 valence electrons. The number of nitrogens with zero attached hydrogens (tertiary/aromatic N) is 2. The molecule has 1 aromatic heterocycles. The maximum atomic E-state index is 12.7. The molecule has 1 atom stereocenters. The van der Waals surface area contributed by atoms with Gasteiger partial charge in [0.25, 0.3) is 0 Å². The van der Waals surface area contributed by atoms with Gasteiger partial charge in [0, 0.05) is 6.54 Å². The van der Waals surface area contributed by atoms with E-state index in [9.17, 15) is 4.79 Å². The number of piperidine rings is 1. The van der Waals surface area contributed by atoms with E-state index in [1.165, 1.54) is 0 Å². The van der Waals surface area contributed by atoms with Gasteiger partial charge in [-0.15, -0.1) is 0 Å². The summed E-state index contributed by atoms with van der Waals surface area (Å²) in [5, 5.41) is 7.98. The van der Waals surface area contributed by atoms with E-state index in [2.05, 4.69) is 17.3 Å². The van der Waals surface area contributed by atoms with Crippen molar-refractivity contribution in [2.75, 3.05) is 6.54 Å². The lowest BCUT2D eigenvalue weighted by atomic mass is 9.85. The molecule has 1 N–H and O–H groups in total. The Morgan fingerprint density at radius 3 is 3.00 bits per heavy atom. The van der Waals surface area contributed by atoms with Crippen molar-refractivity contribution in [2.45, 2.75) is 51.6 Å². The summed E-state index contributed by atoms with van der Waals surface area (Å²) in [5.41, 5.74) is 0.0587. The molecule has 2 rings (SSSR count). The van der Waals surface area contributed by atoms with Crippen LogP contribution in [0.4, 0.5) is 0 Å². The number of hydrogen-bond donors (Lipinski definition) is 1. The van der Waals surface area contributed by atoms with Gasteiger partial charge in [-0.3, -0.25) is 9.48 Å². The largest absolute Gasteiger partial charge is 0.305 e. The van der Waals surface area contributed by atoms with Crippen molar-refractivity contribution < 1.29 is 4.79 Å². The molecule has 0 amide bonds. The minimum atomic E-state index is -0.493. The van der Waals surface area contributed by atoms with Crippen LogP contribution in [0.3, 0.4) is 0 Å². The topological polar surface area (TPSA) is 46.9 Å². The van der Waals surface area contributed by atoms with Gasteiger partial charge in [-0.05, 0) is 39.2 Å². The molecule has 1 fully saturated rings. The van der Waals surface area contributed by atoms with Gasteiger partial charge >= 0.3 is 0 Å². The fraction of sp³-hybridized carbons (Fsp3) is 0.692. The Bertz CT molecular complexity index is 435. The molecule has 0 saturated carbocycles. The van der Waals surface area contributed by atoms with Gasteiger partial charge in [0.2, 0.25) is 5.78 Å². The van der Waals surface area contributed by atoms with Crippen LogP contribution in [-0.2, 0) is 6.54 Å². The van der Waals surface area contributed by atoms with Gasteiger partial charge in [0.15, 0.2) is 0 Å². The van der Waals surface area contributed by atoms with Crippen LogP contribution in [0.2, 0.25) is 5.02 Å². The standard InChI is InChI=1S/C13H20ClN3O/c1-3-8-17-11(10(14)9-16-17)12(18)13(2)6-4-5-7-15-13/h9,15H,3-8H2,1-2H3. The second-order valence-corrected chi connectivity index (χ2v) is 5.52. The molecule has 1 saturated heterocycles. The third kappa shape index (κ3) is 2.45. The van der Waals surface area contributed by atoms with E-state index in [0.29, 0.717) is 10.7 Å². The number of aromatic nitrogens is 2. The molecule has 1 unspecified atom stereocenters. The molecular formula is C13H20ClN3O. The van der Waals surface area contributed by atoms with Crippen LogP contribution >= 0.6 is 11.6 Å². The van der Waals surface area contributed by atoms with Gasteiger partial charge in [0.05, 0.1) is 16.8 Å². The lowest BCUT2D eigenvalue weighted by molar-refractivity contribution is 0.0823. The van der Waals surface area contributed by atoms with E-state index >= 15 is 0 Å². The summed E-state index contributed by atoms with van der Waals surface area (Å²) < 4.78 is 1.73. The first-order chi connectivity index (χ1) is 8.58. The second kappa shape index (κ2) is 5.41. The van der Waals surface area contributed by atoms with Crippen LogP contribution in [0, 0.1) is 0 Å². The van der Waals surface area contributed by atoms with Gasteiger partial charge in [-0.2, -0.15) is 5.10 Å². The normalized spacial score (nSPS) is 24.2. The number of Topliss-reactive ketones (excluding diaryl/α,β-unsaturated/α-hetero) is 1. The number of nitrogens with one attached hydrogen (secondary N) is 1. The van der Waals surface area contributed by atoms with Crippen molar-refractivity contribution >= 4 is 17.4 Å². The monoisotopic (exact) mass is 269 g/mol. The lowest BCUT2D eigenvalue weighted by Gasteiger charge is -2.33. The first kappa shape index (κ1) is 13.6. The summed E-state index contributed by atoms with van der Waals surface area (Å²) in [6.45, 7) is 5.64. The van der Waals surface area contributed by atoms with E-state index in [0.717, 1.165) is 38.8 Å². The fourth-order valence-electron chi connectivity index (χ4n) is 2.48. The van der Waals surface area contributed by atoms with Crippen molar-refractivity contribution in [3.05, 3.63) is 16.9 Å². The van der Waals surface area contributed by atoms with E-state index in [-0.39, 0.29) is 5.78 Å². The van der Waals surface area contributed by atoms with E-state index < -0.39 is 5.54 Å². The Morgan fingerprint density at radius 1 is 1.61 bits per heavy atom. The molecule has 1 aromatic rings. The van der Waals surface area contributed by atoms with Crippen LogP contribution in [0.1, 0.15) is 50.0 Å². The molecule has 0 radical (unpaired) electrons. The van der Waals surface area contributed by atoms with Gasteiger partial charge < -0.3 is 5.32 Å². The van der Waals surface area contributed by atoms with Crippen LogP contribution in [0.25, 0.3) is 0 Å². The molecule has 0 aromatic carbocycles. The number of ketones is 1. The highest BCUT2D eigenvalue weighted by Gasteiger charge is 2.37. The molecule has 4 nitrogen and oxygen atoms in total. The molecule has 2 heterocycles. The minimum Gasteiger partial charge on any atom is -0.305 e. The van der Waals surface area contributed by atoms with Crippen molar-refractivity contribution in [1.82, 2.24) is 15.1 Å². The number of carbonyl (C=O) groups is 1. The zero-order valence-electron chi connectivity index (χ0n) is 11.0. The van der Waals surface area contributed by atoms with Crippen molar-refractivity contribution in [2.24, 2.45) is 0 Å². The van der Waals surface area contributed by atoms with E-state index in [1.54, 1.807) is 10.9 Å². The average Bonchev–Trinajstić information content (AvgIpc) is 2.71. The maximum absolute atomic E-state index is 12.7. The zero-order chi connectivity index (χ0) is 13.2. The predicted octanol–water partition coefficient (Wildman–Crippen LogP) is 2.66.